The number of pyridine rings is 1. The van der Waals surface area contributed by atoms with Gasteiger partial charge in [0.25, 0.3) is 0 Å². The second kappa shape index (κ2) is 4.89. The van der Waals surface area contributed by atoms with Gasteiger partial charge in [0.05, 0.1) is 5.56 Å². The van der Waals surface area contributed by atoms with Gasteiger partial charge in [-0.05, 0) is 30.8 Å². The van der Waals surface area contributed by atoms with Crippen molar-refractivity contribution in [2.45, 2.75) is 17.0 Å². The lowest BCUT2D eigenvalue weighted by molar-refractivity contribution is 0.0692. The van der Waals surface area contributed by atoms with Gasteiger partial charge in [0.15, 0.2) is 5.65 Å². The predicted molar refractivity (Wildman–Crippen MR) is 70.8 cm³/mol. The van der Waals surface area contributed by atoms with Gasteiger partial charge in [-0.25, -0.2) is 14.8 Å². The Hall–Kier alpha value is -2.48. The van der Waals surface area contributed by atoms with Gasteiger partial charge in [-0.2, -0.15) is 0 Å². The number of carboxylic acid groups (broad SMARTS) is 1. The minimum atomic E-state index is -1.02. The zero-order chi connectivity index (χ0) is 14.1. The summed E-state index contributed by atoms with van der Waals surface area (Å²) in [5.74, 6) is -0.283. The molecular weight excluding hydrogens is 278 g/mol. The van der Waals surface area contributed by atoms with Crippen LogP contribution in [0.25, 0.3) is 5.65 Å². The summed E-state index contributed by atoms with van der Waals surface area (Å²) in [6.45, 7) is 1.83. The van der Waals surface area contributed by atoms with E-state index in [0.717, 1.165) is 17.6 Å². The molecule has 100 valence electrons. The lowest BCUT2D eigenvalue weighted by atomic mass is 10.3. The monoisotopic (exact) mass is 287 g/mol. The summed E-state index contributed by atoms with van der Waals surface area (Å²) in [6, 6.07) is 3.09. The molecule has 0 aromatic carbocycles. The van der Waals surface area contributed by atoms with Gasteiger partial charge in [-0.1, -0.05) is 0 Å². The minimum Gasteiger partial charge on any atom is -0.478 e. The summed E-state index contributed by atoms with van der Waals surface area (Å²) >= 11 is 1.16. The fourth-order valence-corrected chi connectivity index (χ4v) is 2.62. The summed E-state index contributed by atoms with van der Waals surface area (Å²) in [4.78, 5) is 19.5. The van der Waals surface area contributed by atoms with Crippen LogP contribution in [0.3, 0.4) is 0 Å². The van der Waals surface area contributed by atoms with E-state index in [2.05, 4.69) is 20.2 Å². The largest absolute Gasteiger partial charge is 0.478 e. The molecule has 0 aliphatic heterocycles. The molecule has 3 heterocycles. The van der Waals surface area contributed by atoms with Crippen LogP contribution in [-0.4, -0.2) is 35.6 Å². The van der Waals surface area contributed by atoms with E-state index in [9.17, 15) is 4.79 Å². The van der Waals surface area contributed by atoms with Crippen LogP contribution in [0.2, 0.25) is 0 Å². The number of aryl methyl sites for hydroxylation is 1. The van der Waals surface area contributed by atoms with E-state index in [1.165, 1.54) is 6.07 Å². The number of carbonyl (C=O) groups is 1. The molecule has 0 unspecified atom stereocenters. The molecule has 1 N–H and O–H groups in total. The van der Waals surface area contributed by atoms with Crippen molar-refractivity contribution in [1.82, 2.24) is 24.6 Å². The van der Waals surface area contributed by atoms with Crippen LogP contribution in [0.1, 0.15) is 16.2 Å². The van der Waals surface area contributed by atoms with E-state index in [0.29, 0.717) is 15.7 Å². The number of hydrogen-bond donors (Lipinski definition) is 1. The maximum atomic E-state index is 11.2. The summed E-state index contributed by atoms with van der Waals surface area (Å²) < 4.78 is 1.79. The smallest absolute Gasteiger partial charge is 0.338 e. The quantitative estimate of drug-likeness (QED) is 0.783. The molecule has 3 aromatic heterocycles. The number of hydrogen-bond acceptors (Lipinski definition) is 6. The average molecular weight is 287 g/mol. The minimum absolute atomic E-state index is 0.137. The van der Waals surface area contributed by atoms with E-state index < -0.39 is 5.97 Å². The molecule has 3 aromatic rings. The lowest BCUT2D eigenvalue weighted by Crippen LogP contribution is -2.01. The Morgan fingerprint density at radius 1 is 1.25 bits per heavy atom. The molecule has 0 atom stereocenters. The van der Waals surface area contributed by atoms with Crippen molar-refractivity contribution in [3.63, 3.8) is 0 Å². The molecule has 0 aliphatic rings. The molecule has 0 saturated carbocycles. The van der Waals surface area contributed by atoms with Gasteiger partial charge < -0.3 is 5.11 Å². The normalized spacial score (nSPS) is 10.8. The van der Waals surface area contributed by atoms with Gasteiger partial charge in [0.1, 0.15) is 15.9 Å². The zero-order valence-electron chi connectivity index (χ0n) is 10.4. The van der Waals surface area contributed by atoms with Crippen LogP contribution >= 0.6 is 11.8 Å². The van der Waals surface area contributed by atoms with E-state index >= 15 is 0 Å². The highest BCUT2D eigenvalue weighted by atomic mass is 32.2. The molecule has 0 saturated heterocycles. The fraction of sp³-hybridized carbons (Fsp3) is 0.0833. The van der Waals surface area contributed by atoms with Gasteiger partial charge in [-0.15, -0.1) is 10.2 Å². The first-order valence-corrected chi connectivity index (χ1v) is 6.51. The van der Waals surface area contributed by atoms with Crippen LogP contribution in [-0.2, 0) is 0 Å². The molecule has 0 amide bonds. The van der Waals surface area contributed by atoms with E-state index in [1.807, 2.05) is 6.92 Å². The highest BCUT2D eigenvalue weighted by Crippen LogP contribution is 2.29. The number of carboxylic acids is 1. The number of aromatic nitrogens is 5. The first kappa shape index (κ1) is 12.5. The van der Waals surface area contributed by atoms with Crippen molar-refractivity contribution in [3.05, 3.63) is 42.1 Å². The molecule has 0 fully saturated rings. The highest BCUT2D eigenvalue weighted by molar-refractivity contribution is 7.99. The topological polar surface area (TPSA) is 93.3 Å². The van der Waals surface area contributed by atoms with Crippen LogP contribution in [0.4, 0.5) is 0 Å². The third-order valence-electron chi connectivity index (χ3n) is 2.66. The number of rotatable bonds is 3. The van der Waals surface area contributed by atoms with Gasteiger partial charge >= 0.3 is 5.97 Å². The van der Waals surface area contributed by atoms with Crippen LogP contribution < -0.4 is 0 Å². The maximum Gasteiger partial charge on any atom is 0.338 e. The van der Waals surface area contributed by atoms with E-state index in [-0.39, 0.29) is 5.56 Å². The Kier molecular flexibility index (Phi) is 3.07. The Morgan fingerprint density at radius 2 is 2.05 bits per heavy atom. The molecular formula is C12H9N5O2S. The van der Waals surface area contributed by atoms with Crippen LogP contribution in [0.5, 0.6) is 0 Å². The van der Waals surface area contributed by atoms with Crippen LogP contribution in [0, 0.1) is 6.92 Å². The molecule has 0 bridgehead atoms. The van der Waals surface area contributed by atoms with Crippen molar-refractivity contribution in [3.8, 4) is 0 Å². The molecule has 7 nitrogen and oxygen atoms in total. The second-order valence-corrected chi connectivity index (χ2v) is 4.91. The van der Waals surface area contributed by atoms with Crippen molar-refractivity contribution in [2.24, 2.45) is 0 Å². The molecule has 0 radical (unpaired) electrons. The SMILES string of the molecule is Cc1nnc2c(Sc3ncccc3C(=O)O)nccn12. The van der Waals surface area contributed by atoms with Crippen molar-refractivity contribution in [1.29, 1.82) is 0 Å². The van der Waals surface area contributed by atoms with Gasteiger partial charge in [0.2, 0.25) is 0 Å². The Balaban J connectivity index is 2.08. The Bertz CT molecular complexity index is 801. The van der Waals surface area contributed by atoms with Crippen molar-refractivity contribution < 1.29 is 9.90 Å². The second-order valence-electron chi connectivity index (χ2n) is 3.94. The summed E-state index contributed by atoms with van der Waals surface area (Å²) in [7, 11) is 0. The number of nitrogens with zero attached hydrogens (tertiary/aromatic N) is 5. The Labute approximate surface area is 117 Å². The molecule has 8 heteroatoms. The first-order valence-electron chi connectivity index (χ1n) is 5.69. The summed E-state index contributed by atoms with van der Waals surface area (Å²) in [5, 5.41) is 18.1. The van der Waals surface area contributed by atoms with Crippen LogP contribution in [0.15, 0.2) is 40.8 Å². The fourth-order valence-electron chi connectivity index (χ4n) is 1.72. The molecule has 3 rings (SSSR count). The third kappa shape index (κ3) is 2.10. The highest BCUT2D eigenvalue weighted by Gasteiger charge is 2.15. The molecule has 0 aliphatic carbocycles. The van der Waals surface area contributed by atoms with Gasteiger partial charge in [-0.3, -0.25) is 4.40 Å². The van der Waals surface area contributed by atoms with E-state index in [4.69, 9.17) is 5.11 Å². The third-order valence-corrected chi connectivity index (χ3v) is 3.66. The first-order chi connectivity index (χ1) is 9.66. The summed E-state index contributed by atoms with van der Waals surface area (Å²) in [6.07, 6.45) is 4.92. The standard InChI is InChI=1S/C12H9N5O2S/c1-7-15-16-9-11(14-5-6-17(7)9)20-10-8(12(18)19)3-2-4-13-10/h2-6H,1H3,(H,18,19). The zero-order valence-corrected chi connectivity index (χ0v) is 11.2. The summed E-state index contributed by atoms with van der Waals surface area (Å²) in [5.41, 5.74) is 0.717. The Morgan fingerprint density at radius 3 is 2.85 bits per heavy atom. The predicted octanol–water partition coefficient (Wildman–Crippen LogP) is 1.68. The average Bonchev–Trinajstić information content (AvgIpc) is 2.82. The molecule has 20 heavy (non-hydrogen) atoms. The number of aromatic carboxylic acids is 1. The van der Waals surface area contributed by atoms with Gasteiger partial charge in [0, 0.05) is 18.6 Å². The van der Waals surface area contributed by atoms with E-state index in [1.54, 1.807) is 29.1 Å². The lowest BCUT2D eigenvalue weighted by Gasteiger charge is -2.04. The maximum absolute atomic E-state index is 11.2. The van der Waals surface area contributed by atoms with Crippen molar-refractivity contribution >= 4 is 23.4 Å². The molecule has 0 spiro atoms. The number of fused-ring (bicyclic) bond motifs is 1. The van der Waals surface area contributed by atoms with Crippen molar-refractivity contribution in [2.75, 3.05) is 0 Å².